The summed E-state index contributed by atoms with van der Waals surface area (Å²) < 4.78 is 32.0. The SMILES string of the molecule is COc1ccc(S(=O)(=O)N2CCCC(C(=O)O)C2)c(Br)c1. The second kappa shape index (κ2) is 6.33. The first-order valence-corrected chi connectivity index (χ1v) is 8.66. The van der Waals surface area contributed by atoms with E-state index in [0.717, 1.165) is 0 Å². The van der Waals surface area contributed by atoms with Crippen molar-refractivity contribution >= 4 is 31.9 Å². The van der Waals surface area contributed by atoms with E-state index in [9.17, 15) is 13.2 Å². The van der Waals surface area contributed by atoms with E-state index >= 15 is 0 Å². The van der Waals surface area contributed by atoms with Crippen LogP contribution >= 0.6 is 15.9 Å². The van der Waals surface area contributed by atoms with E-state index in [2.05, 4.69) is 15.9 Å². The first-order valence-electron chi connectivity index (χ1n) is 6.42. The number of nitrogens with zero attached hydrogens (tertiary/aromatic N) is 1. The van der Waals surface area contributed by atoms with E-state index in [1.807, 2.05) is 0 Å². The summed E-state index contributed by atoms with van der Waals surface area (Å²) in [6.45, 7) is 0.348. The lowest BCUT2D eigenvalue weighted by atomic mass is 10.0. The molecule has 1 fully saturated rings. The van der Waals surface area contributed by atoms with E-state index in [0.29, 0.717) is 29.6 Å². The lowest BCUT2D eigenvalue weighted by Crippen LogP contribution is -2.42. The van der Waals surface area contributed by atoms with Crippen LogP contribution in [-0.2, 0) is 14.8 Å². The van der Waals surface area contributed by atoms with Crippen molar-refractivity contribution in [3.63, 3.8) is 0 Å². The fourth-order valence-corrected chi connectivity index (χ4v) is 4.86. The highest BCUT2D eigenvalue weighted by molar-refractivity contribution is 9.10. The number of aliphatic carboxylic acids is 1. The van der Waals surface area contributed by atoms with Crippen molar-refractivity contribution in [3.8, 4) is 5.75 Å². The standard InChI is InChI=1S/C13H16BrNO5S/c1-20-10-4-5-12(11(14)7-10)21(18,19)15-6-2-3-9(8-15)13(16)17/h4-5,7,9H,2-3,6,8H2,1H3,(H,16,17). The summed E-state index contributed by atoms with van der Waals surface area (Å²) in [5.41, 5.74) is 0. The van der Waals surface area contributed by atoms with Gasteiger partial charge in [-0.2, -0.15) is 4.31 Å². The smallest absolute Gasteiger partial charge is 0.307 e. The number of carboxylic acid groups (broad SMARTS) is 1. The van der Waals surface area contributed by atoms with Crippen LogP contribution in [0.5, 0.6) is 5.75 Å². The Hall–Kier alpha value is -1.12. The van der Waals surface area contributed by atoms with Crippen molar-refractivity contribution in [2.75, 3.05) is 20.2 Å². The Balaban J connectivity index is 2.31. The summed E-state index contributed by atoms with van der Waals surface area (Å²) in [6, 6.07) is 4.60. The molecule has 6 nitrogen and oxygen atoms in total. The summed E-state index contributed by atoms with van der Waals surface area (Å²) >= 11 is 3.23. The summed E-state index contributed by atoms with van der Waals surface area (Å²) in [7, 11) is -2.22. The Morgan fingerprint density at radius 2 is 2.19 bits per heavy atom. The Bertz CT molecular complexity index is 646. The summed E-state index contributed by atoms with van der Waals surface area (Å²) in [6.07, 6.45) is 1.05. The molecule has 0 aromatic heterocycles. The number of carboxylic acids is 1. The molecule has 8 heteroatoms. The zero-order valence-electron chi connectivity index (χ0n) is 11.5. The molecule has 0 aliphatic carbocycles. The normalized spacial score (nSPS) is 20.2. The number of halogens is 1. The number of ether oxygens (including phenoxy) is 1. The molecule has 1 atom stereocenters. The van der Waals surface area contributed by atoms with Crippen LogP contribution in [0.2, 0.25) is 0 Å². The molecule has 1 aromatic rings. The Labute approximate surface area is 131 Å². The number of sulfonamides is 1. The van der Waals surface area contributed by atoms with Gasteiger partial charge in [0.05, 0.1) is 17.9 Å². The highest BCUT2D eigenvalue weighted by atomic mass is 79.9. The monoisotopic (exact) mass is 377 g/mol. The first kappa shape index (κ1) is 16.3. The summed E-state index contributed by atoms with van der Waals surface area (Å²) in [5.74, 6) is -1.06. The third-order valence-electron chi connectivity index (χ3n) is 3.49. The average molecular weight is 378 g/mol. The first-order chi connectivity index (χ1) is 9.86. The molecule has 0 spiro atoms. The van der Waals surface area contributed by atoms with Crippen LogP contribution < -0.4 is 4.74 Å². The molecular formula is C13H16BrNO5S. The molecule has 0 saturated carbocycles. The van der Waals surface area contributed by atoms with Gasteiger partial charge in [-0.05, 0) is 47.0 Å². The highest BCUT2D eigenvalue weighted by Gasteiger charge is 2.34. The van der Waals surface area contributed by atoms with Crippen LogP contribution in [0.4, 0.5) is 0 Å². The molecule has 0 bridgehead atoms. The Morgan fingerprint density at radius 3 is 2.76 bits per heavy atom. The van der Waals surface area contributed by atoms with Crippen molar-refractivity contribution in [1.82, 2.24) is 4.31 Å². The predicted molar refractivity (Wildman–Crippen MR) is 79.8 cm³/mol. The maximum absolute atomic E-state index is 12.6. The second-order valence-electron chi connectivity index (χ2n) is 4.84. The molecule has 1 aromatic carbocycles. The third kappa shape index (κ3) is 3.38. The molecule has 1 N–H and O–H groups in total. The molecule has 21 heavy (non-hydrogen) atoms. The van der Waals surface area contributed by atoms with Gasteiger partial charge in [0.25, 0.3) is 0 Å². The largest absolute Gasteiger partial charge is 0.497 e. The molecular weight excluding hydrogens is 362 g/mol. The molecule has 1 heterocycles. The van der Waals surface area contributed by atoms with Gasteiger partial charge < -0.3 is 9.84 Å². The van der Waals surface area contributed by atoms with Gasteiger partial charge in [-0.15, -0.1) is 0 Å². The lowest BCUT2D eigenvalue weighted by molar-refractivity contribution is -0.142. The minimum absolute atomic E-state index is 0.0101. The molecule has 0 radical (unpaired) electrons. The molecule has 1 aliphatic rings. The van der Waals surface area contributed by atoms with Crippen LogP contribution in [0.15, 0.2) is 27.6 Å². The van der Waals surface area contributed by atoms with E-state index in [1.165, 1.54) is 17.5 Å². The molecule has 1 unspecified atom stereocenters. The minimum Gasteiger partial charge on any atom is -0.497 e. The van der Waals surface area contributed by atoms with E-state index in [4.69, 9.17) is 9.84 Å². The van der Waals surface area contributed by atoms with Crippen LogP contribution in [0.25, 0.3) is 0 Å². The van der Waals surface area contributed by atoms with Crippen LogP contribution in [-0.4, -0.2) is 44.0 Å². The van der Waals surface area contributed by atoms with Gasteiger partial charge in [0.2, 0.25) is 10.0 Å². The van der Waals surface area contributed by atoms with Crippen molar-refractivity contribution in [2.24, 2.45) is 5.92 Å². The van der Waals surface area contributed by atoms with Gasteiger partial charge in [-0.25, -0.2) is 8.42 Å². The topological polar surface area (TPSA) is 83.9 Å². The number of hydrogen-bond acceptors (Lipinski definition) is 4. The zero-order valence-corrected chi connectivity index (χ0v) is 13.9. The number of hydrogen-bond donors (Lipinski definition) is 1. The van der Waals surface area contributed by atoms with Crippen LogP contribution in [0.3, 0.4) is 0 Å². The summed E-state index contributed by atoms with van der Waals surface area (Å²) in [4.78, 5) is 11.2. The lowest BCUT2D eigenvalue weighted by Gasteiger charge is -2.30. The molecule has 2 rings (SSSR count). The fourth-order valence-electron chi connectivity index (χ4n) is 2.32. The van der Waals surface area contributed by atoms with Gasteiger partial charge in [0, 0.05) is 17.6 Å². The van der Waals surface area contributed by atoms with Gasteiger partial charge in [0.15, 0.2) is 0 Å². The quantitative estimate of drug-likeness (QED) is 0.866. The molecule has 116 valence electrons. The number of benzene rings is 1. The van der Waals surface area contributed by atoms with Crippen molar-refractivity contribution < 1.29 is 23.1 Å². The average Bonchev–Trinajstić information content (AvgIpc) is 2.46. The maximum Gasteiger partial charge on any atom is 0.307 e. The number of piperidine rings is 1. The molecule has 0 amide bonds. The van der Waals surface area contributed by atoms with Crippen molar-refractivity contribution in [3.05, 3.63) is 22.7 Å². The van der Waals surface area contributed by atoms with E-state index < -0.39 is 21.9 Å². The van der Waals surface area contributed by atoms with Gasteiger partial charge in [-0.3, -0.25) is 4.79 Å². The Kier molecular flexibility index (Phi) is 4.90. The third-order valence-corrected chi connectivity index (χ3v) is 6.33. The molecule has 1 saturated heterocycles. The van der Waals surface area contributed by atoms with E-state index in [1.54, 1.807) is 12.1 Å². The van der Waals surface area contributed by atoms with Crippen LogP contribution in [0, 0.1) is 5.92 Å². The maximum atomic E-state index is 12.6. The fraction of sp³-hybridized carbons (Fsp3) is 0.462. The number of methoxy groups -OCH3 is 1. The summed E-state index contributed by atoms with van der Waals surface area (Å²) in [5, 5.41) is 9.07. The minimum atomic E-state index is -3.72. The second-order valence-corrected chi connectivity index (χ2v) is 7.60. The van der Waals surface area contributed by atoms with E-state index in [-0.39, 0.29) is 11.4 Å². The van der Waals surface area contributed by atoms with Crippen molar-refractivity contribution in [1.29, 1.82) is 0 Å². The van der Waals surface area contributed by atoms with Crippen LogP contribution in [0.1, 0.15) is 12.8 Å². The Morgan fingerprint density at radius 1 is 1.48 bits per heavy atom. The molecule has 1 aliphatic heterocycles. The van der Waals surface area contributed by atoms with Gasteiger partial charge in [0.1, 0.15) is 5.75 Å². The van der Waals surface area contributed by atoms with Gasteiger partial charge >= 0.3 is 5.97 Å². The number of carbonyl (C=O) groups is 1. The highest BCUT2D eigenvalue weighted by Crippen LogP contribution is 2.31. The number of rotatable bonds is 4. The zero-order chi connectivity index (χ0) is 15.6. The van der Waals surface area contributed by atoms with Gasteiger partial charge in [-0.1, -0.05) is 0 Å². The predicted octanol–water partition coefficient (Wildman–Crippen LogP) is 1.94. The van der Waals surface area contributed by atoms with Crippen molar-refractivity contribution in [2.45, 2.75) is 17.7 Å².